The number of amides is 1. The van der Waals surface area contributed by atoms with Gasteiger partial charge in [-0.15, -0.1) is 0 Å². The molecule has 0 radical (unpaired) electrons. The molecule has 0 aliphatic carbocycles. The number of para-hydroxylation sites is 1. The second-order valence-corrected chi connectivity index (χ2v) is 7.37. The van der Waals surface area contributed by atoms with Crippen molar-refractivity contribution in [3.63, 3.8) is 0 Å². The standard InChI is InChI=1S/C23H23FN4O/c1-16-6-4-7-17(14-16)22(29)28-13-5-8-18(15-28)20-11-12-25-23(26-20)27-21-10-3-2-9-19(21)24/h2-4,6-7,9-12,14,18H,5,8,13,15H2,1H3,(H,25,26,27). The number of rotatable bonds is 4. The lowest BCUT2D eigenvalue weighted by Gasteiger charge is -2.32. The molecule has 0 bridgehead atoms. The molecule has 148 valence electrons. The molecule has 1 fully saturated rings. The molecule has 4 rings (SSSR count). The van der Waals surface area contributed by atoms with E-state index in [2.05, 4.69) is 15.3 Å². The van der Waals surface area contributed by atoms with Crippen LogP contribution >= 0.6 is 0 Å². The Bertz CT molecular complexity index is 1020. The Balaban J connectivity index is 1.50. The first kappa shape index (κ1) is 19.1. The van der Waals surface area contributed by atoms with E-state index < -0.39 is 0 Å². The molecule has 2 aromatic carbocycles. The first-order chi connectivity index (χ1) is 14.1. The van der Waals surface area contributed by atoms with Gasteiger partial charge in [0.05, 0.1) is 11.4 Å². The average molecular weight is 390 g/mol. The molecule has 5 nitrogen and oxygen atoms in total. The number of halogens is 1. The van der Waals surface area contributed by atoms with E-state index in [0.29, 0.717) is 18.2 Å². The quantitative estimate of drug-likeness (QED) is 0.702. The van der Waals surface area contributed by atoms with Crippen LogP contribution in [0.3, 0.4) is 0 Å². The number of nitrogens with one attached hydrogen (secondary N) is 1. The van der Waals surface area contributed by atoms with Gasteiger partial charge in [0.25, 0.3) is 5.91 Å². The van der Waals surface area contributed by atoms with Crippen LogP contribution in [-0.2, 0) is 0 Å². The van der Waals surface area contributed by atoms with Gasteiger partial charge < -0.3 is 10.2 Å². The molecule has 1 N–H and O–H groups in total. The Kier molecular flexibility index (Phi) is 5.51. The van der Waals surface area contributed by atoms with E-state index in [1.807, 2.05) is 42.2 Å². The van der Waals surface area contributed by atoms with Crippen LogP contribution < -0.4 is 5.32 Å². The zero-order chi connectivity index (χ0) is 20.2. The summed E-state index contributed by atoms with van der Waals surface area (Å²) < 4.78 is 13.9. The monoisotopic (exact) mass is 390 g/mol. The second kappa shape index (κ2) is 8.39. The van der Waals surface area contributed by atoms with E-state index in [9.17, 15) is 9.18 Å². The predicted molar refractivity (Wildman–Crippen MR) is 111 cm³/mol. The Labute approximate surface area is 169 Å². The van der Waals surface area contributed by atoms with Crippen molar-refractivity contribution in [1.82, 2.24) is 14.9 Å². The minimum Gasteiger partial charge on any atom is -0.338 e. The van der Waals surface area contributed by atoms with Gasteiger partial charge in [0.1, 0.15) is 5.82 Å². The van der Waals surface area contributed by atoms with Gasteiger partial charge in [-0.05, 0) is 50.1 Å². The van der Waals surface area contributed by atoms with Crippen molar-refractivity contribution in [3.8, 4) is 0 Å². The number of hydrogen-bond donors (Lipinski definition) is 1. The molecule has 1 saturated heterocycles. The Morgan fingerprint density at radius 1 is 1.17 bits per heavy atom. The second-order valence-electron chi connectivity index (χ2n) is 7.37. The zero-order valence-electron chi connectivity index (χ0n) is 16.3. The highest BCUT2D eigenvalue weighted by Crippen LogP contribution is 2.27. The van der Waals surface area contributed by atoms with Gasteiger partial charge in [-0.3, -0.25) is 4.79 Å². The van der Waals surface area contributed by atoms with Crippen LogP contribution in [0.25, 0.3) is 0 Å². The molecule has 6 heteroatoms. The van der Waals surface area contributed by atoms with Gasteiger partial charge in [0.2, 0.25) is 5.95 Å². The first-order valence-electron chi connectivity index (χ1n) is 9.80. The van der Waals surface area contributed by atoms with E-state index in [1.165, 1.54) is 6.07 Å². The summed E-state index contributed by atoms with van der Waals surface area (Å²) in [5, 5.41) is 2.94. The first-order valence-corrected chi connectivity index (χ1v) is 9.80. The smallest absolute Gasteiger partial charge is 0.253 e. The molecular formula is C23H23FN4O. The third kappa shape index (κ3) is 4.42. The molecule has 0 saturated carbocycles. The third-order valence-electron chi connectivity index (χ3n) is 5.19. The highest BCUT2D eigenvalue weighted by Gasteiger charge is 2.26. The minimum absolute atomic E-state index is 0.0529. The van der Waals surface area contributed by atoms with Crippen LogP contribution in [0.1, 0.15) is 40.4 Å². The van der Waals surface area contributed by atoms with Crippen LogP contribution in [0.5, 0.6) is 0 Å². The summed E-state index contributed by atoms with van der Waals surface area (Å²) in [6.07, 6.45) is 3.54. The van der Waals surface area contributed by atoms with Gasteiger partial charge >= 0.3 is 0 Å². The van der Waals surface area contributed by atoms with Gasteiger partial charge in [0, 0.05) is 30.8 Å². The molecule has 29 heavy (non-hydrogen) atoms. The Morgan fingerprint density at radius 2 is 2.03 bits per heavy atom. The van der Waals surface area contributed by atoms with E-state index in [-0.39, 0.29) is 17.6 Å². The summed E-state index contributed by atoms with van der Waals surface area (Å²) in [4.78, 5) is 23.6. The van der Waals surface area contributed by atoms with Crippen molar-refractivity contribution in [1.29, 1.82) is 0 Å². The van der Waals surface area contributed by atoms with Crippen molar-refractivity contribution in [2.75, 3.05) is 18.4 Å². The fourth-order valence-corrected chi connectivity index (χ4v) is 3.71. The number of aromatic nitrogens is 2. The predicted octanol–water partition coefficient (Wildman–Crippen LogP) is 4.69. The van der Waals surface area contributed by atoms with E-state index in [0.717, 1.165) is 36.2 Å². The molecule has 1 aromatic heterocycles. The molecule has 1 aliphatic heterocycles. The summed E-state index contributed by atoms with van der Waals surface area (Å²) in [7, 11) is 0. The summed E-state index contributed by atoms with van der Waals surface area (Å²) in [5.74, 6) is 0.183. The lowest BCUT2D eigenvalue weighted by Crippen LogP contribution is -2.39. The molecule has 0 spiro atoms. The molecule has 3 aromatic rings. The summed E-state index contributed by atoms with van der Waals surface area (Å²) in [6, 6.07) is 16.0. The maximum atomic E-state index is 13.9. The number of likely N-dealkylation sites (tertiary alicyclic amines) is 1. The zero-order valence-corrected chi connectivity index (χ0v) is 16.3. The van der Waals surface area contributed by atoms with Crippen LogP contribution in [-0.4, -0.2) is 33.9 Å². The highest BCUT2D eigenvalue weighted by atomic mass is 19.1. The summed E-state index contributed by atoms with van der Waals surface area (Å²) in [6.45, 7) is 3.35. The number of carbonyl (C=O) groups is 1. The SMILES string of the molecule is Cc1cccc(C(=O)N2CCCC(c3ccnc(Nc4ccccc4F)n3)C2)c1. The number of nitrogens with zero attached hydrogens (tertiary/aromatic N) is 3. The molecule has 2 heterocycles. The molecular weight excluding hydrogens is 367 g/mol. The number of anilines is 2. The lowest BCUT2D eigenvalue weighted by molar-refractivity contribution is 0.0706. The van der Waals surface area contributed by atoms with E-state index >= 15 is 0 Å². The molecule has 1 atom stereocenters. The minimum atomic E-state index is -0.353. The van der Waals surface area contributed by atoms with Crippen LogP contribution in [0.2, 0.25) is 0 Å². The van der Waals surface area contributed by atoms with Crippen molar-refractivity contribution in [2.24, 2.45) is 0 Å². The largest absolute Gasteiger partial charge is 0.338 e. The van der Waals surface area contributed by atoms with Crippen LogP contribution in [0, 0.1) is 12.7 Å². The maximum Gasteiger partial charge on any atom is 0.253 e. The van der Waals surface area contributed by atoms with Gasteiger partial charge in [-0.1, -0.05) is 29.8 Å². The number of piperidine rings is 1. The third-order valence-corrected chi connectivity index (χ3v) is 5.19. The topological polar surface area (TPSA) is 58.1 Å². The summed E-state index contributed by atoms with van der Waals surface area (Å²) >= 11 is 0. The van der Waals surface area contributed by atoms with Crippen molar-refractivity contribution < 1.29 is 9.18 Å². The average Bonchev–Trinajstić information content (AvgIpc) is 2.75. The van der Waals surface area contributed by atoms with E-state index in [4.69, 9.17) is 0 Å². The Hall–Kier alpha value is -3.28. The number of aryl methyl sites for hydroxylation is 1. The molecule has 1 unspecified atom stereocenters. The number of benzene rings is 2. The number of carbonyl (C=O) groups excluding carboxylic acids is 1. The van der Waals surface area contributed by atoms with Crippen molar-refractivity contribution in [3.05, 3.63) is 83.4 Å². The summed E-state index contributed by atoms with van der Waals surface area (Å²) in [5.41, 5.74) is 2.99. The highest BCUT2D eigenvalue weighted by molar-refractivity contribution is 5.94. The number of hydrogen-bond acceptors (Lipinski definition) is 4. The van der Waals surface area contributed by atoms with Crippen LogP contribution in [0.15, 0.2) is 60.8 Å². The Morgan fingerprint density at radius 3 is 2.86 bits per heavy atom. The molecule has 1 aliphatic rings. The molecule has 1 amide bonds. The maximum absolute atomic E-state index is 13.9. The van der Waals surface area contributed by atoms with Crippen LogP contribution in [0.4, 0.5) is 16.0 Å². The van der Waals surface area contributed by atoms with Crippen molar-refractivity contribution in [2.45, 2.75) is 25.7 Å². The fourth-order valence-electron chi connectivity index (χ4n) is 3.71. The van der Waals surface area contributed by atoms with E-state index in [1.54, 1.807) is 24.4 Å². The van der Waals surface area contributed by atoms with Gasteiger partial charge in [0.15, 0.2) is 0 Å². The van der Waals surface area contributed by atoms with Crippen molar-refractivity contribution >= 4 is 17.5 Å². The van der Waals surface area contributed by atoms with Gasteiger partial charge in [-0.25, -0.2) is 14.4 Å². The normalized spacial score (nSPS) is 16.5. The lowest BCUT2D eigenvalue weighted by atomic mass is 9.94. The fraction of sp³-hybridized carbons (Fsp3) is 0.261. The van der Waals surface area contributed by atoms with Gasteiger partial charge in [-0.2, -0.15) is 0 Å².